The molecule has 2 aromatic carbocycles. The van der Waals surface area contributed by atoms with Crippen molar-refractivity contribution in [2.45, 2.75) is 20.0 Å². The summed E-state index contributed by atoms with van der Waals surface area (Å²) in [5, 5.41) is 6.15. The zero-order valence-electron chi connectivity index (χ0n) is 16.9. The Kier molecular flexibility index (Phi) is 6.68. The summed E-state index contributed by atoms with van der Waals surface area (Å²) in [5.41, 5.74) is 3.81. The maximum absolute atomic E-state index is 12.3. The lowest BCUT2D eigenvalue weighted by Crippen LogP contribution is -2.22. The Balaban J connectivity index is 1.54. The molecule has 6 heteroatoms. The number of anilines is 1. The molecule has 1 aromatic heterocycles. The lowest BCUT2D eigenvalue weighted by Gasteiger charge is -2.11. The second-order valence-corrected chi connectivity index (χ2v) is 6.64. The molecule has 0 saturated carbocycles. The van der Waals surface area contributed by atoms with Gasteiger partial charge in [0.2, 0.25) is 0 Å². The average molecular weight is 391 g/mol. The first-order chi connectivity index (χ1) is 14.1. The Morgan fingerprint density at radius 1 is 0.897 bits per heavy atom. The summed E-state index contributed by atoms with van der Waals surface area (Å²) in [6, 6.07) is 17.4. The van der Waals surface area contributed by atoms with Crippen molar-refractivity contribution in [3.05, 3.63) is 83.0 Å². The summed E-state index contributed by atoms with van der Waals surface area (Å²) in [5.74, 6) is 1.91. The summed E-state index contributed by atoms with van der Waals surface area (Å²) < 4.78 is 10.6. The van der Waals surface area contributed by atoms with E-state index in [1.54, 1.807) is 32.5 Å². The number of benzene rings is 2. The first-order valence-corrected chi connectivity index (χ1v) is 9.33. The monoisotopic (exact) mass is 391 g/mol. The predicted octanol–water partition coefficient (Wildman–Crippen LogP) is 3.95. The first kappa shape index (κ1) is 20.2. The number of rotatable bonds is 8. The molecule has 0 saturated heterocycles. The highest BCUT2D eigenvalue weighted by Gasteiger charge is 2.07. The third kappa shape index (κ3) is 5.48. The van der Waals surface area contributed by atoms with Crippen molar-refractivity contribution in [1.82, 2.24) is 10.3 Å². The molecule has 0 bridgehead atoms. The molecule has 1 amide bonds. The Morgan fingerprint density at radius 3 is 2.28 bits per heavy atom. The van der Waals surface area contributed by atoms with Gasteiger partial charge in [-0.3, -0.25) is 4.79 Å². The smallest absolute Gasteiger partial charge is 0.253 e. The number of carbonyl (C=O) groups excluding carboxylic acids is 1. The molecule has 0 radical (unpaired) electrons. The van der Waals surface area contributed by atoms with Gasteiger partial charge in [-0.15, -0.1) is 0 Å². The van der Waals surface area contributed by atoms with Gasteiger partial charge in [-0.05, 0) is 42.3 Å². The number of hydrogen-bond acceptors (Lipinski definition) is 5. The van der Waals surface area contributed by atoms with Crippen LogP contribution < -0.4 is 20.1 Å². The van der Waals surface area contributed by atoms with Crippen molar-refractivity contribution in [1.29, 1.82) is 0 Å². The third-order valence-electron chi connectivity index (χ3n) is 4.52. The van der Waals surface area contributed by atoms with Crippen molar-refractivity contribution in [3.8, 4) is 11.5 Å². The minimum atomic E-state index is -0.149. The molecule has 29 heavy (non-hydrogen) atoms. The lowest BCUT2D eigenvalue weighted by molar-refractivity contribution is 0.0950. The number of aromatic nitrogens is 1. The second kappa shape index (κ2) is 9.59. The first-order valence-electron chi connectivity index (χ1n) is 9.33. The van der Waals surface area contributed by atoms with Crippen LogP contribution in [0.15, 0.2) is 60.8 Å². The van der Waals surface area contributed by atoms with Gasteiger partial charge < -0.3 is 20.1 Å². The average Bonchev–Trinajstić information content (AvgIpc) is 2.77. The molecule has 6 nitrogen and oxygen atoms in total. The minimum Gasteiger partial charge on any atom is -0.493 e. The minimum absolute atomic E-state index is 0.149. The lowest BCUT2D eigenvalue weighted by atomic mass is 10.1. The molecule has 0 fully saturated rings. The largest absolute Gasteiger partial charge is 0.493 e. The maximum atomic E-state index is 12.3. The van der Waals surface area contributed by atoms with Gasteiger partial charge in [0.1, 0.15) is 5.82 Å². The highest BCUT2D eigenvalue weighted by Crippen LogP contribution is 2.27. The van der Waals surface area contributed by atoms with E-state index in [1.807, 2.05) is 49.4 Å². The predicted molar refractivity (Wildman–Crippen MR) is 113 cm³/mol. The van der Waals surface area contributed by atoms with Crippen LogP contribution in [0.1, 0.15) is 27.0 Å². The van der Waals surface area contributed by atoms with Crippen LogP contribution in [0.3, 0.4) is 0 Å². The maximum Gasteiger partial charge on any atom is 0.253 e. The molecule has 0 aliphatic carbocycles. The van der Waals surface area contributed by atoms with Crippen LogP contribution in [0, 0.1) is 6.92 Å². The summed E-state index contributed by atoms with van der Waals surface area (Å²) in [4.78, 5) is 16.6. The van der Waals surface area contributed by atoms with Crippen LogP contribution in [0.25, 0.3) is 0 Å². The molecular weight excluding hydrogens is 366 g/mol. The Morgan fingerprint density at radius 2 is 1.62 bits per heavy atom. The number of pyridine rings is 1. The number of nitrogens with zero attached hydrogens (tertiary/aromatic N) is 1. The molecule has 2 N–H and O–H groups in total. The van der Waals surface area contributed by atoms with Crippen LogP contribution in [0.4, 0.5) is 5.82 Å². The number of carbonyl (C=O) groups is 1. The molecule has 0 aliphatic rings. The zero-order chi connectivity index (χ0) is 20.6. The van der Waals surface area contributed by atoms with Crippen molar-refractivity contribution < 1.29 is 14.3 Å². The van der Waals surface area contributed by atoms with Crippen LogP contribution in [0.5, 0.6) is 11.5 Å². The fraction of sp³-hybridized carbons (Fsp3) is 0.217. The fourth-order valence-electron chi connectivity index (χ4n) is 2.81. The summed E-state index contributed by atoms with van der Waals surface area (Å²) in [6.07, 6.45) is 1.57. The van der Waals surface area contributed by atoms with Crippen LogP contribution in [-0.2, 0) is 13.1 Å². The highest BCUT2D eigenvalue weighted by atomic mass is 16.5. The van der Waals surface area contributed by atoms with E-state index in [0.717, 1.165) is 11.1 Å². The van der Waals surface area contributed by atoms with E-state index in [0.29, 0.717) is 36.0 Å². The molecule has 0 spiro atoms. The molecule has 3 rings (SSSR count). The molecule has 3 aromatic rings. The standard InChI is InChI=1S/C23H25N3O3/c1-16-4-6-17(7-5-16)13-26-23(27)19-9-11-22(25-15-19)24-14-18-8-10-20(28-2)21(12-18)29-3/h4-12,15H,13-14H2,1-3H3,(H,24,25)(H,26,27). The van der Waals surface area contributed by atoms with E-state index >= 15 is 0 Å². The normalized spacial score (nSPS) is 10.3. The van der Waals surface area contributed by atoms with Crippen molar-refractivity contribution >= 4 is 11.7 Å². The van der Waals surface area contributed by atoms with Gasteiger partial charge in [0.25, 0.3) is 5.91 Å². The van der Waals surface area contributed by atoms with Gasteiger partial charge in [0.05, 0.1) is 19.8 Å². The van der Waals surface area contributed by atoms with Gasteiger partial charge in [0, 0.05) is 19.3 Å². The molecule has 0 unspecified atom stereocenters. The quantitative estimate of drug-likeness (QED) is 0.608. The fourth-order valence-corrected chi connectivity index (χ4v) is 2.81. The number of amides is 1. The Labute approximate surface area is 170 Å². The number of hydrogen-bond donors (Lipinski definition) is 2. The second-order valence-electron chi connectivity index (χ2n) is 6.64. The number of nitrogens with one attached hydrogen (secondary N) is 2. The van der Waals surface area contributed by atoms with Gasteiger partial charge >= 0.3 is 0 Å². The SMILES string of the molecule is COc1ccc(CNc2ccc(C(=O)NCc3ccc(C)cc3)cn2)cc1OC. The molecule has 150 valence electrons. The van der Waals surface area contributed by atoms with E-state index < -0.39 is 0 Å². The molecule has 1 heterocycles. The topological polar surface area (TPSA) is 72.5 Å². The van der Waals surface area contributed by atoms with E-state index in [9.17, 15) is 4.79 Å². The Bertz CT molecular complexity index is 954. The van der Waals surface area contributed by atoms with Gasteiger partial charge in [-0.25, -0.2) is 4.98 Å². The van der Waals surface area contributed by atoms with E-state index in [-0.39, 0.29) is 5.91 Å². The van der Waals surface area contributed by atoms with Crippen LogP contribution >= 0.6 is 0 Å². The summed E-state index contributed by atoms with van der Waals surface area (Å²) in [7, 11) is 3.22. The van der Waals surface area contributed by atoms with Crippen molar-refractivity contribution in [2.75, 3.05) is 19.5 Å². The van der Waals surface area contributed by atoms with Crippen molar-refractivity contribution in [2.24, 2.45) is 0 Å². The number of methoxy groups -OCH3 is 2. The van der Waals surface area contributed by atoms with E-state index in [2.05, 4.69) is 15.6 Å². The number of aryl methyl sites for hydroxylation is 1. The zero-order valence-corrected chi connectivity index (χ0v) is 16.9. The number of ether oxygens (including phenoxy) is 2. The van der Waals surface area contributed by atoms with Crippen LogP contribution in [-0.4, -0.2) is 25.1 Å². The highest BCUT2D eigenvalue weighted by molar-refractivity contribution is 5.94. The van der Waals surface area contributed by atoms with E-state index in [1.165, 1.54) is 5.56 Å². The summed E-state index contributed by atoms with van der Waals surface area (Å²) in [6.45, 7) is 3.10. The van der Waals surface area contributed by atoms with Crippen LogP contribution in [0.2, 0.25) is 0 Å². The van der Waals surface area contributed by atoms with Gasteiger partial charge in [0.15, 0.2) is 11.5 Å². The Hall–Kier alpha value is -3.54. The van der Waals surface area contributed by atoms with Crippen molar-refractivity contribution in [3.63, 3.8) is 0 Å². The third-order valence-corrected chi connectivity index (χ3v) is 4.52. The van der Waals surface area contributed by atoms with Gasteiger partial charge in [-0.2, -0.15) is 0 Å². The van der Waals surface area contributed by atoms with Gasteiger partial charge in [-0.1, -0.05) is 35.9 Å². The summed E-state index contributed by atoms with van der Waals surface area (Å²) >= 11 is 0. The van der Waals surface area contributed by atoms with E-state index in [4.69, 9.17) is 9.47 Å². The molecule has 0 atom stereocenters. The molecule has 0 aliphatic heterocycles. The molecular formula is C23H25N3O3.